The summed E-state index contributed by atoms with van der Waals surface area (Å²) in [7, 11) is 0. The summed E-state index contributed by atoms with van der Waals surface area (Å²) in [6.45, 7) is 4.36. The molecule has 2 N–H and O–H groups in total. The van der Waals surface area contributed by atoms with Gasteiger partial charge in [-0.2, -0.15) is 0 Å². The van der Waals surface area contributed by atoms with E-state index in [0.717, 1.165) is 36.3 Å². The molecule has 7 heteroatoms. The van der Waals surface area contributed by atoms with Gasteiger partial charge in [-0.3, -0.25) is 14.6 Å². The Labute approximate surface area is 168 Å². The highest BCUT2D eigenvalue weighted by Crippen LogP contribution is 2.43. The number of H-pyrrole nitrogens is 1. The van der Waals surface area contributed by atoms with Gasteiger partial charge in [0.25, 0.3) is 5.56 Å². The molecule has 1 atom stereocenters. The second-order valence-corrected chi connectivity index (χ2v) is 8.76. The molecule has 0 bridgehead atoms. The Morgan fingerprint density at radius 1 is 1.21 bits per heavy atom. The zero-order valence-corrected chi connectivity index (χ0v) is 16.9. The van der Waals surface area contributed by atoms with Gasteiger partial charge in [0.2, 0.25) is 0 Å². The van der Waals surface area contributed by atoms with Crippen LogP contribution < -0.4 is 10.9 Å². The maximum Gasteiger partial charge on any atom is 0.257 e. The van der Waals surface area contributed by atoms with Crippen LogP contribution in [0.1, 0.15) is 56.6 Å². The van der Waals surface area contributed by atoms with Gasteiger partial charge in [0.1, 0.15) is 5.82 Å². The van der Waals surface area contributed by atoms with Crippen LogP contribution in [0.3, 0.4) is 0 Å². The average molecular weight is 397 g/mol. The average Bonchev–Trinajstić information content (AvgIpc) is 2.67. The Hall–Kier alpha value is -2.41. The second kappa shape index (κ2) is 7.91. The smallest absolute Gasteiger partial charge is 0.257 e. The third kappa shape index (κ3) is 3.63. The van der Waals surface area contributed by atoms with Gasteiger partial charge in [0.05, 0.1) is 5.56 Å². The summed E-state index contributed by atoms with van der Waals surface area (Å²) in [6, 6.07) is 3.74. The first kappa shape index (κ1) is 18.9. The monoisotopic (exact) mass is 396 g/mol. The molecule has 0 saturated heterocycles. The molecule has 0 amide bonds. The van der Waals surface area contributed by atoms with Crippen molar-refractivity contribution in [1.82, 2.24) is 15.0 Å². The minimum Gasteiger partial charge on any atom is -0.343 e. The van der Waals surface area contributed by atoms with Crippen molar-refractivity contribution in [2.75, 3.05) is 11.1 Å². The molecule has 0 radical (unpaired) electrons. The van der Waals surface area contributed by atoms with Crippen LogP contribution in [0.2, 0.25) is 0 Å². The number of Topliss-reactive ketones (excluding diaryl/α,β-unsaturated/α-hetero) is 1. The third-order valence-electron chi connectivity index (χ3n) is 5.21. The molecule has 146 valence electrons. The number of hydrogen-bond donors (Lipinski definition) is 2. The van der Waals surface area contributed by atoms with E-state index in [-0.39, 0.29) is 11.3 Å². The normalized spacial score (nSPS) is 18.7. The summed E-state index contributed by atoms with van der Waals surface area (Å²) in [5, 5.41) is 3.93. The number of allylic oxidation sites excluding steroid dienone is 2. The number of aromatic nitrogens is 3. The lowest BCUT2D eigenvalue weighted by molar-refractivity contribution is -0.116. The Morgan fingerprint density at radius 2 is 2.00 bits per heavy atom. The summed E-state index contributed by atoms with van der Waals surface area (Å²) >= 11 is 1.56. The Bertz CT molecular complexity index is 982. The van der Waals surface area contributed by atoms with Crippen molar-refractivity contribution in [2.24, 2.45) is 5.92 Å². The molecule has 2 aromatic heterocycles. The zero-order chi connectivity index (χ0) is 19.7. The molecule has 0 aromatic carbocycles. The second-order valence-electron chi connectivity index (χ2n) is 7.67. The van der Waals surface area contributed by atoms with Crippen molar-refractivity contribution < 1.29 is 4.79 Å². The summed E-state index contributed by atoms with van der Waals surface area (Å²) in [6.07, 6.45) is 6.59. The van der Waals surface area contributed by atoms with Crippen molar-refractivity contribution in [1.29, 1.82) is 0 Å². The maximum atomic E-state index is 13.0. The summed E-state index contributed by atoms with van der Waals surface area (Å²) in [5.74, 6) is 1.79. The predicted octanol–water partition coefficient (Wildman–Crippen LogP) is 3.87. The highest BCUT2D eigenvalue weighted by Gasteiger charge is 2.37. The zero-order valence-electron chi connectivity index (χ0n) is 16.1. The van der Waals surface area contributed by atoms with Gasteiger partial charge >= 0.3 is 0 Å². The molecule has 2 aromatic rings. The third-order valence-corrected chi connectivity index (χ3v) is 6.12. The fraction of sp³-hybridized carbons (Fsp3) is 0.429. The van der Waals surface area contributed by atoms with Gasteiger partial charge in [-0.1, -0.05) is 25.6 Å². The van der Waals surface area contributed by atoms with E-state index in [1.54, 1.807) is 24.2 Å². The van der Waals surface area contributed by atoms with Gasteiger partial charge in [-0.05, 0) is 42.9 Å². The topological polar surface area (TPSA) is 87.7 Å². The van der Waals surface area contributed by atoms with Gasteiger partial charge in [0.15, 0.2) is 10.9 Å². The van der Waals surface area contributed by atoms with Crippen LogP contribution in [0.5, 0.6) is 0 Å². The van der Waals surface area contributed by atoms with Gasteiger partial charge < -0.3 is 10.3 Å². The van der Waals surface area contributed by atoms with Crippen molar-refractivity contribution in [2.45, 2.75) is 50.6 Å². The summed E-state index contributed by atoms with van der Waals surface area (Å²) in [5.41, 5.74) is 2.84. The van der Waals surface area contributed by atoms with E-state index < -0.39 is 5.92 Å². The Balaban J connectivity index is 1.79. The van der Waals surface area contributed by atoms with Crippen LogP contribution in [-0.4, -0.2) is 26.5 Å². The van der Waals surface area contributed by atoms with Crippen LogP contribution >= 0.6 is 11.8 Å². The van der Waals surface area contributed by atoms with Gasteiger partial charge in [0, 0.05) is 41.8 Å². The first-order chi connectivity index (χ1) is 13.5. The van der Waals surface area contributed by atoms with E-state index in [9.17, 15) is 9.59 Å². The maximum absolute atomic E-state index is 13.0. The quantitative estimate of drug-likeness (QED) is 0.589. The molecule has 0 saturated carbocycles. The predicted molar refractivity (Wildman–Crippen MR) is 111 cm³/mol. The molecule has 0 unspecified atom stereocenters. The molecular formula is C21H24N4O2S. The SMILES string of the molecule is CC(C)CCSc1nc2c(c(=O)[nH]1)[C@H](c1ccncc1)C1=C(CCCC1=O)N2. The van der Waals surface area contributed by atoms with Crippen LogP contribution in [-0.2, 0) is 4.79 Å². The number of ketones is 1. The number of carbonyl (C=O) groups excluding carboxylic acids is 1. The standard InChI is InChI=1S/C21H24N4O2S/c1-12(2)8-11-28-21-24-19-18(20(27)25-21)16(13-6-9-22-10-7-13)17-14(23-19)4-3-5-15(17)26/h6-7,9-10,12,16H,3-5,8,11H2,1-2H3,(H2,23,24,25,27)/t16-/m1/s1. The Kier molecular flexibility index (Phi) is 5.35. The molecule has 0 fully saturated rings. The number of nitrogens with one attached hydrogen (secondary N) is 2. The molecule has 1 aliphatic carbocycles. The fourth-order valence-corrected chi connectivity index (χ4v) is 4.89. The van der Waals surface area contributed by atoms with Crippen molar-refractivity contribution >= 4 is 23.4 Å². The van der Waals surface area contributed by atoms with Crippen LogP contribution in [0.25, 0.3) is 0 Å². The number of pyridine rings is 1. The minimum absolute atomic E-state index is 0.107. The number of thioether (sulfide) groups is 1. The molecule has 0 spiro atoms. The summed E-state index contributed by atoms with van der Waals surface area (Å²) in [4.78, 5) is 37.5. The number of nitrogens with zero attached hydrogens (tertiary/aromatic N) is 2. The number of anilines is 1. The van der Waals surface area contributed by atoms with E-state index in [1.807, 2.05) is 12.1 Å². The Morgan fingerprint density at radius 3 is 2.75 bits per heavy atom. The van der Waals surface area contributed by atoms with Crippen molar-refractivity contribution in [3.63, 3.8) is 0 Å². The first-order valence-electron chi connectivity index (χ1n) is 9.74. The van der Waals surface area contributed by atoms with Gasteiger partial charge in [-0.15, -0.1) is 0 Å². The molecule has 28 heavy (non-hydrogen) atoms. The fourth-order valence-electron chi connectivity index (χ4n) is 3.79. The first-order valence-corrected chi connectivity index (χ1v) is 10.7. The molecular weight excluding hydrogens is 372 g/mol. The van der Waals surface area contributed by atoms with E-state index in [2.05, 4.69) is 29.1 Å². The summed E-state index contributed by atoms with van der Waals surface area (Å²) < 4.78 is 0. The lowest BCUT2D eigenvalue weighted by atomic mass is 9.77. The highest BCUT2D eigenvalue weighted by molar-refractivity contribution is 7.99. The van der Waals surface area contributed by atoms with Gasteiger partial charge in [-0.25, -0.2) is 4.98 Å². The van der Waals surface area contributed by atoms with Crippen LogP contribution in [0.4, 0.5) is 5.82 Å². The lowest BCUT2D eigenvalue weighted by Gasteiger charge is -2.32. The van der Waals surface area contributed by atoms with Crippen LogP contribution in [0.15, 0.2) is 45.7 Å². The van der Waals surface area contributed by atoms with E-state index in [4.69, 9.17) is 4.98 Å². The highest BCUT2D eigenvalue weighted by atomic mass is 32.2. The molecule has 3 heterocycles. The number of rotatable bonds is 5. The molecule has 2 aliphatic rings. The number of aromatic amines is 1. The van der Waals surface area contributed by atoms with Crippen molar-refractivity contribution in [3.05, 3.63) is 57.3 Å². The van der Waals surface area contributed by atoms with E-state index >= 15 is 0 Å². The number of fused-ring (bicyclic) bond motifs is 1. The molecule has 1 aliphatic heterocycles. The van der Waals surface area contributed by atoms with E-state index in [1.165, 1.54) is 0 Å². The largest absolute Gasteiger partial charge is 0.343 e. The number of hydrogen-bond acceptors (Lipinski definition) is 6. The lowest BCUT2D eigenvalue weighted by Crippen LogP contribution is -2.32. The number of carbonyl (C=O) groups is 1. The molecule has 6 nitrogen and oxygen atoms in total. The van der Waals surface area contributed by atoms with E-state index in [0.29, 0.717) is 34.4 Å². The molecule has 4 rings (SSSR count). The van der Waals surface area contributed by atoms with Crippen LogP contribution in [0, 0.1) is 5.92 Å². The minimum atomic E-state index is -0.395. The van der Waals surface area contributed by atoms with Crippen molar-refractivity contribution in [3.8, 4) is 0 Å².